The number of pyridine rings is 1. The van der Waals surface area contributed by atoms with Crippen molar-refractivity contribution in [3.05, 3.63) is 47.7 Å². The number of halogens is 3. The lowest BCUT2D eigenvalue weighted by molar-refractivity contribution is -0.137. The van der Waals surface area contributed by atoms with Crippen LogP contribution in [-0.2, 0) is 12.6 Å². The summed E-state index contributed by atoms with van der Waals surface area (Å²) in [5, 5.41) is 12.3. The number of carbonyl (C=O) groups excluding carboxylic acids is 1. The Morgan fingerprint density at radius 1 is 1.31 bits per heavy atom. The molecule has 0 saturated carbocycles. The number of aliphatic hydroxyl groups excluding tert-OH is 1. The number of aliphatic hydroxyl groups is 1. The van der Waals surface area contributed by atoms with Crippen molar-refractivity contribution < 1.29 is 23.1 Å². The lowest BCUT2D eigenvalue weighted by Gasteiger charge is -2.40. The zero-order chi connectivity index (χ0) is 22.9. The molecule has 3 aromatic rings. The molecular formula is C21H22F3N5O2S. The molecule has 170 valence electrons. The van der Waals surface area contributed by atoms with E-state index in [0.717, 1.165) is 16.3 Å². The molecule has 1 aromatic carbocycles. The van der Waals surface area contributed by atoms with E-state index in [1.807, 2.05) is 24.3 Å². The van der Waals surface area contributed by atoms with Crippen molar-refractivity contribution in [1.29, 1.82) is 0 Å². The number of benzene rings is 1. The second-order valence-electron chi connectivity index (χ2n) is 7.59. The summed E-state index contributed by atoms with van der Waals surface area (Å²) in [6.07, 6.45) is -3.11. The highest BCUT2D eigenvalue weighted by Crippen LogP contribution is 2.37. The van der Waals surface area contributed by atoms with Gasteiger partial charge in [-0.3, -0.25) is 5.32 Å². The number of hydrogen-bond donors (Lipinski definition) is 2. The Morgan fingerprint density at radius 2 is 2.09 bits per heavy atom. The van der Waals surface area contributed by atoms with Gasteiger partial charge in [0.1, 0.15) is 5.82 Å². The topological polar surface area (TPSA) is 81.6 Å². The van der Waals surface area contributed by atoms with E-state index in [1.54, 1.807) is 16.7 Å². The van der Waals surface area contributed by atoms with Crippen LogP contribution in [0, 0.1) is 0 Å². The van der Waals surface area contributed by atoms with Crippen LogP contribution >= 0.6 is 11.3 Å². The van der Waals surface area contributed by atoms with Crippen LogP contribution in [0.5, 0.6) is 0 Å². The molecule has 1 unspecified atom stereocenters. The molecule has 32 heavy (non-hydrogen) atoms. The minimum absolute atomic E-state index is 0.104. The van der Waals surface area contributed by atoms with E-state index in [9.17, 15) is 18.0 Å². The van der Waals surface area contributed by atoms with Crippen LogP contribution < -0.4 is 10.2 Å². The average Bonchev–Trinajstić information content (AvgIpc) is 3.15. The summed E-state index contributed by atoms with van der Waals surface area (Å²) in [6, 6.07) is 7.91. The van der Waals surface area contributed by atoms with E-state index in [-0.39, 0.29) is 50.6 Å². The number of aromatic nitrogens is 2. The van der Waals surface area contributed by atoms with Crippen LogP contribution in [0.4, 0.5) is 28.9 Å². The Kier molecular flexibility index (Phi) is 6.20. The number of para-hydroxylation sites is 1. The molecule has 0 aliphatic carbocycles. The quantitative estimate of drug-likeness (QED) is 0.609. The predicted molar refractivity (Wildman–Crippen MR) is 117 cm³/mol. The molecule has 3 heterocycles. The normalized spacial score (nSPS) is 17.1. The molecule has 7 nitrogen and oxygen atoms in total. The van der Waals surface area contributed by atoms with Crippen molar-refractivity contribution in [3.8, 4) is 0 Å². The second kappa shape index (κ2) is 8.91. The number of urea groups is 1. The number of nitrogens with one attached hydrogen (secondary N) is 1. The van der Waals surface area contributed by atoms with Crippen LogP contribution in [0.25, 0.3) is 10.2 Å². The van der Waals surface area contributed by atoms with Gasteiger partial charge in [0.2, 0.25) is 0 Å². The van der Waals surface area contributed by atoms with Crippen molar-refractivity contribution in [1.82, 2.24) is 14.9 Å². The van der Waals surface area contributed by atoms with Crippen molar-refractivity contribution in [2.45, 2.75) is 25.6 Å². The number of fused-ring (bicyclic) bond motifs is 1. The fourth-order valence-electron chi connectivity index (χ4n) is 3.77. The van der Waals surface area contributed by atoms with Gasteiger partial charge in [0.15, 0.2) is 5.13 Å². The number of alkyl halides is 3. The molecule has 1 saturated heterocycles. The number of carbonyl (C=O) groups is 1. The summed E-state index contributed by atoms with van der Waals surface area (Å²) in [5.74, 6) is -0.155. The van der Waals surface area contributed by atoms with Crippen LogP contribution in [0.2, 0.25) is 0 Å². The van der Waals surface area contributed by atoms with Gasteiger partial charge >= 0.3 is 12.2 Å². The Labute approximate surface area is 186 Å². The molecule has 2 aromatic heterocycles. The fourth-order valence-corrected chi connectivity index (χ4v) is 4.62. The second-order valence-corrected chi connectivity index (χ2v) is 8.62. The highest BCUT2D eigenvalue weighted by Gasteiger charge is 2.38. The number of nitrogens with zero attached hydrogens (tertiary/aromatic N) is 4. The first-order valence-electron chi connectivity index (χ1n) is 10.1. The maximum absolute atomic E-state index is 13.6. The van der Waals surface area contributed by atoms with E-state index in [1.165, 1.54) is 17.5 Å². The molecule has 2 amide bonds. The Morgan fingerprint density at radius 3 is 2.78 bits per heavy atom. The SMILES string of the molecule is CC1CN(c2ncc(CCO)cc2C(F)(F)F)CCN1C(=O)Nc1nc2ccccc2s1. The molecule has 0 radical (unpaired) electrons. The third-order valence-corrected chi connectivity index (χ3v) is 6.28. The van der Waals surface area contributed by atoms with E-state index >= 15 is 0 Å². The minimum atomic E-state index is -4.57. The molecule has 1 aliphatic heterocycles. The maximum atomic E-state index is 13.6. The standard InChI is InChI=1S/C21H22F3N5O2S/c1-13-12-28(18-15(21(22,23)24)10-14(6-9-30)11-25-18)7-8-29(13)20(31)27-19-26-16-4-2-3-5-17(16)32-19/h2-5,10-11,13,30H,6-9,12H2,1H3,(H,26,27,31). The van der Waals surface area contributed by atoms with E-state index in [0.29, 0.717) is 10.7 Å². The first-order chi connectivity index (χ1) is 15.3. The van der Waals surface area contributed by atoms with Gasteiger partial charge in [-0.05, 0) is 37.1 Å². The highest BCUT2D eigenvalue weighted by atomic mass is 32.1. The van der Waals surface area contributed by atoms with Crippen molar-refractivity contribution in [3.63, 3.8) is 0 Å². The average molecular weight is 466 g/mol. The molecule has 1 aliphatic rings. The number of rotatable bonds is 4. The molecule has 0 bridgehead atoms. The summed E-state index contributed by atoms with van der Waals surface area (Å²) < 4.78 is 41.9. The number of thiazole rings is 1. The monoisotopic (exact) mass is 465 g/mol. The Balaban J connectivity index is 1.47. The van der Waals surface area contributed by atoms with Crippen molar-refractivity contribution in [2.24, 2.45) is 0 Å². The van der Waals surface area contributed by atoms with E-state index in [2.05, 4.69) is 15.3 Å². The molecule has 1 atom stereocenters. The van der Waals surface area contributed by atoms with Crippen LogP contribution in [0.3, 0.4) is 0 Å². The first kappa shape index (κ1) is 22.3. The fraction of sp³-hybridized carbons (Fsp3) is 0.381. The predicted octanol–water partition coefficient (Wildman–Crippen LogP) is 3.99. The third kappa shape index (κ3) is 4.63. The van der Waals surface area contributed by atoms with Crippen LogP contribution in [-0.4, -0.2) is 58.3 Å². The number of amides is 2. The molecule has 2 N–H and O–H groups in total. The van der Waals surface area contributed by atoms with Crippen molar-refractivity contribution >= 4 is 38.5 Å². The zero-order valence-corrected chi connectivity index (χ0v) is 18.1. The highest BCUT2D eigenvalue weighted by molar-refractivity contribution is 7.22. The van der Waals surface area contributed by atoms with Crippen molar-refractivity contribution in [2.75, 3.05) is 36.5 Å². The molecule has 1 fully saturated rings. The zero-order valence-electron chi connectivity index (χ0n) is 17.3. The summed E-state index contributed by atoms with van der Waals surface area (Å²) in [4.78, 5) is 24.4. The molecule has 4 rings (SSSR count). The molecule has 11 heteroatoms. The van der Waals surface area contributed by atoms with Gasteiger partial charge in [0.05, 0.1) is 15.8 Å². The van der Waals surface area contributed by atoms with Gasteiger partial charge in [0.25, 0.3) is 0 Å². The first-order valence-corrected chi connectivity index (χ1v) is 10.9. The Hall–Kier alpha value is -2.92. The molecule has 0 spiro atoms. The number of piperazine rings is 1. The third-order valence-electron chi connectivity index (χ3n) is 5.32. The smallest absolute Gasteiger partial charge is 0.396 e. The van der Waals surface area contributed by atoms with Gasteiger partial charge < -0.3 is 14.9 Å². The largest absolute Gasteiger partial charge is 0.419 e. The van der Waals surface area contributed by atoms with Crippen LogP contribution in [0.15, 0.2) is 36.5 Å². The lowest BCUT2D eigenvalue weighted by Crippen LogP contribution is -2.55. The summed E-state index contributed by atoms with van der Waals surface area (Å²) in [5.41, 5.74) is 0.287. The number of anilines is 2. The van der Waals surface area contributed by atoms with E-state index < -0.39 is 11.7 Å². The lowest BCUT2D eigenvalue weighted by atomic mass is 10.1. The van der Waals surface area contributed by atoms with Gasteiger partial charge in [-0.1, -0.05) is 23.5 Å². The Bertz CT molecular complexity index is 1090. The number of hydrogen-bond acceptors (Lipinski definition) is 6. The summed E-state index contributed by atoms with van der Waals surface area (Å²) >= 11 is 1.37. The molecular weight excluding hydrogens is 443 g/mol. The van der Waals surface area contributed by atoms with E-state index in [4.69, 9.17) is 5.11 Å². The summed E-state index contributed by atoms with van der Waals surface area (Å²) in [7, 11) is 0. The summed E-state index contributed by atoms with van der Waals surface area (Å²) in [6.45, 7) is 2.21. The van der Waals surface area contributed by atoms with Gasteiger partial charge in [0, 0.05) is 38.5 Å². The minimum Gasteiger partial charge on any atom is -0.396 e. The van der Waals surface area contributed by atoms with Crippen LogP contribution in [0.1, 0.15) is 18.1 Å². The maximum Gasteiger partial charge on any atom is 0.419 e. The van der Waals surface area contributed by atoms with Gasteiger partial charge in [-0.2, -0.15) is 13.2 Å². The van der Waals surface area contributed by atoms with Gasteiger partial charge in [-0.25, -0.2) is 14.8 Å². The van der Waals surface area contributed by atoms with Gasteiger partial charge in [-0.15, -0.1) is 0 Å².